The first-order valence-corrected chi connectivity index (χ1v) is 12.1. The van der Waals surface area contributed by atoms with Gasteiger partial charge in [0.25, 0.3) is 0 Å². The highest BCUT2D eigenvalue weighted by Gasteiger charge is 2.41. The lowest BCUT2D eigenvalue weighted by atomic mass is 9.98. The minimum Gasteiger partial charge on any atom is -0.481 e. The molecule has 1 saturated carbocycles. The summed E-state index contributed by atoms with van der Waals surface area (Å²) in [6, 6.07) is 14.9. The molecule has 2 unspecified atom stereocenters. The molecule has 3 atom stereocenters. The van der Waals surface area contributed by atoms with Gasteiger partial charge in [-0.25, -0.2) is 4.79 Å². The number of hydrogen-bond donors (Lipinski definition) is 2. The summed E-state index contributed by atoms with van der Waals surface area (Å²) in [6.07, 6.45) is 1.91. The maximum atomic E-state index is 13.3. The fourth-order valence-electron chi connectivity index (χ4n) is 5.26. The SMILES string of the molecule is CN(C(=O)[C@H](CC1CC1)NC(=O)OCC1c2ccccc2-c2ccccc21)C1COCC1C(=O)O. The van der Waals surface area contributed by atoms with Gasteiger partial charge in [0.1, 0.15) is 18.6 Å². The zero-order valence-corrected chi connectivity index (χ0v) is 19.7. The lowest BCUT2D eigenvalue weighted by Gasteiger charge is -2.30. The Hall–Kier alpha value is -3.39. The van der Waals surface area contributed by atoms with Crippen LogP contribution in [0.15, 0.2) is 48.5 Å². The number of carboxylic acids is 1. The zero-order chi connectivity index (χ0) is 24.5. The number of ether oxygens (including phenoxy) is 2. The molecule has 1 aliphatic heterocycles. The van der Waals surface area contributed by atoms with E-state index in [0.29, 0.717) is 12.3 Å². The molecular weight excluding hydrogens is 448 g/mol. The number of carboxylic acid groups (broad SMARTS) is 1. The lowest BCUT2D eigenvalue weighted by Crippen LogP contribution is -2.53. The van der Waals surface area contributed by atoms with Gasteiger partial charge in [-0.1, -0.05) is 61.4 Å². The number of carbonyl (C=O) groups is 3. The van der Waals surface area contributed by atoms with Gasteiger partial charge in [-0.2, -0.15) is 0 Å². The maximum absolute atomic E-state index is 13.3. The number of likely N-dealkylation sites (N-methyl/N-ethyl adjacent to an activating group) is 1. The van der Waals surface area contributed by atoms with Gasteiger partial charge in [0.05, 0.1) is 19.3 Å². The number of aliphatic carboxylic acids is 1. The average Bonchev–Trinajstić information content (AvgIpc) is 3.43. The molecule has 184 valence electrons. The first-order valence-electron chi connectivity index (χ1n) is 12.1. The quantitative estimate of drug-likeness (QED) is 0.604. The van der Waals surface area contributed by atoms with Crippen molar-refractivity contribution in [2.45, 2.75) is 37.3 Å². The Morgan fingerprint density at radius 3 is 2.29 bits per heavy atom. The van der Waals surface area contributed by atoms with E-state index in [1.165, 1.54) is 4.90 Å². The summed E-state index contributed by atoms with van der Waals surface area (Å²) in [4.78, 5) is 39.1. The third-order valence-corrected chi connectivity index (χ3v) is 7.41. The summed E-state index contributed by atoms with van der Waals surface area (Å²) in [6.45, 7) is 0.405. The topological polar surface area (TPSA) is 105 Å². The fourth-order valence-corrected chi connectivity index (χ4v) is 5.26. The molecule has 2 fully saturated rings. The second-order valence-corrected chi connectivity index (χ2v) is 9.70. The molecule has 8 heteroatoms. The van der Waals surface area contributed by atoms with Crippen LogP contribution in [0, 0.1) is 11.8 Å². The number of benzene rings is 2. The van der Waals surface area contributed by atoms with Crippen molar-refractivity contribution in [3.63, 3.8) is 0 Å². The minimum atomic E-state index is -0.990. The van der Waals surface area contributed by atoms with Gasteiger partial charge in [-0.3, -0.25) is 9.59 Å². The van der Waals surface area contributed by atoms with E-state index in [-0.39, 0.29) is 31.6 Å². The predicted octanol–water partition coefficient (Wildman–Crippen LogP) is 3.25. The second-order valence-electron chi connectivity index (χ2n) is 9.70. The molecule has 2 aromatic carbocycles. The molecule has 0 spiro atoms. The molecule has 2 amide bonds. The Kier molecular flexibility index (Phi) is 6.47. The molecule has 8 nitrogen and oxygen atoms in total. The molecule has 0 aromatic heterocycles. The van der Waals surface area contributed by atoms with Crippen LogP contribution in [0.2, 0.25) is 0 Å². The monoisotopic (exact) mass is 478 g/mol. The molecule has 5 rings (SSSR count). The third kappa shape index (κ3) is 4.75. The standard InChI is InChI=1S/C27H30N2O6/c1-29(24-15-34-13-22(24)26(31)32)25(30)23(12-16-10-11-16)28-27(33)35-14-21-19-8-4-2-6-17(19)18-7-3-5-9-20(18)21/h2-9,16,21-24H,10-15H2,1H3,(H,28,33)(H,31,32)/t22?,23-,24?/m0/s1. The molecular formula is C27H30N2O6. The van der Waals surface area contributed by atoms with E-state index in [0.717, 1.165) is 35.1 Å². The van der Waals surface area contributed by atoms with Gasteiger partial charge in [-0.05, 0) is 34.6 Å². The highest BCUT2D eigenvalue weighted by atomic mass is 16.5. The van der Waals surface area contributed by atoms with Gasteiger partial charge in [-0.15, -0.1) is 0 Å². The number of rotatable bonds is 8. The van der Waals surface area contributed by atoms with Crippen molar-refractivity contribution in [1.82, 2.24) is 10.2 Å². The van der Waals surface area contributed by atoms with Crippen molar-refractivity contribution in [2.75, 3.05) is 26.9 Å². The summed E-state index contributed by atoms with van der Waals surface area (Å²) in [7, 11) is 1.58. The van der Waals surface area contributed by atoms with Crippen LogP contribution in [-0.4, -0.2) is 66.9 Å². The number of amides is 2. The number of nitrogens with zero attached hydrogens (tertiary/aromatic N) is 1. The van der Waals surface area contributed by atoms with E-state index in [1.54, 1.807) is 7.05 Å². The van der Waals surface area contributed by atoms with Crippen molar-refractivity contribution in [2.24, 2.45) is 11.8 Å². The van der Waals surface area contributed by atoms with Crippen LogP contribution in [-0.2, 0) is 19.1 Å². The summed E-state index contributed by atoms with van der Waals surface area (Å²) in [5.74, 6) is -1.77. The van der Waals surface area contributed by atoms with Crippen LogP contribution in [0.5, 0.6) is 0 Å². The van der Waals surface area contributed by atoms with Crippen LogP contribution >= 0.6 is 0 Å². The van der Waals surface area contributed by atoms with E-state index in [9.17, 15) is 19.5 Å². The molecule has 0 radical (unpaired) electrons. The smallest absolute Gasteiger partial charge is 0.407 e. The van der Waals surface area contributed by atoms with Gasteiger partial charge in [0.2, 0.25) is 5.91 Å². The van der Waals surface area contributed by atoms with Crippen LogP contribution in [0.1, 0.15) is 36.3 Å². The van der Waals surface area contributed by atoms with Crippen molar-refractivity contribution in [3.05, 3.63) is 59.7 Å². The maximum Gasteiger partial charge on any atom is 0.407 e. The zero-order valence-electron chi connectivity index (χ0n) is 19.7. The molecule has 2 aliphatic carbocycles. The van der Waals surface area contributed by atoms with Gasteiger partial charge in [0, 0.05) is 13.0 Å². The largest absolute Gasteiger partial charge is 0.481 e. The summed E-state index contributed by atoms with van der Waals surface area (Å²) in [5, 5.41) is 12.2. The van der Waals surface area contributed by atoms with Gasteiger partial charge >= 0.3 is 12.1 Å². The molecule has 2 N–H and O–H groups in total. The average molecular weight is 479 g/mol. The summed E-state index contributed by atoms with van der Waals surface area (Å²) < 4.78 is 11.0. The summed E-state index contributed by atoms with van der Waals surface area (Å²) >= 11 is 0. The third-order valence-electron chi connectivity index (χ3n) is 7.41. The molecule has 3 aliphatic rings. The lowest BCUT2D eigenvalue weighted by molar-refractivity contribution is -0.145. The fraction of sp³-hybridized carbons (Fsp3) is 0.444. The number of nitrogens with one attached hydrogen (secondary N) is 1. The van der Waals surface area contributed by atoms with Crippen molar-refractivity contribution >= 4 is 18.0 Å². The highest BCUT2D eigenvalue weighted by Crippen LogP contribution is 2.44. The normalized spacial score (nSPS) is 21.6. The van der Waals surface area contributed by atoms with Gasteiger partial charge < -0.3 is 24.8 Å². The molecule has 1 saturated heterocycles. The van der Waals surface area contributed by atoms with E-state index in [2.05, 4.69) is 29.6 Å². The Bertz CT molecular complexity index is 1080. The van der Waals surface area contributed by atoms with Crippen molar-refractivity contribution < 1.29 is 29.0 Å². The molecule has 0 bridgehead atoms. The minimum absolute atomic E-state index is 0.0691. The van der Waals surface area contributed by atoms with Gasteiger partial charge in [0.15, 0.2) is 0 Å². The highest BCUT2D eigenvalue weighted by molar-refractivity contribution is 5.86. The van der Waals surface area contributed by atoms with Crippen LogP contribution in [0.25, 0.3) is 11.1 Å². The number of alkyl carbamates (subject to hydrolysis) is 1. The van der Waals surface area contributed by atoms with Crippen LogP contribution < -0.4 is 5.32 Å². The van der Waals surface area contributed by atoms with E-state index >= 15 is 0 Å². The Morgan fingerprint density at radius 2 is 1.69 bits per heavy atom. The van der Waals surface area contributed by atoms with E-state index in [4.69, 9.17) is 9.47 Å². The first-order chi connectivity index (χ1) is 16.9. The molecule has 35 heavy (non-hydrogen) atoms. The number of carbonyl (C=O) groups excluding carboxylic acids is 2. The first kappa shape index (κ1) is 23.4. The van der Waals surface area contributed by atoms with Crippen molar-refractivity contribution in [1.29, 1.82) is 0 Å². The summed E-state index contributed by atoms with van der Waals surface area (Å²) in [5.41, 5.74) is 4.53. The Morgan fingerprint density at radius 1 is 1.06 bits per heavy atom. The van der Waals surface area contributed by atoms with Crippen LogP contribution in [0.3, 0.4) is 0 Å². The predicted molar refractivity (Wildman–Crippen MR) is 128 cm³/mol. The van der Waals surface area contributed by atoms with Crippen LogP contribution in [0.4, 0.5) is 4.79 Å². The van der Waals surface area contributed by atoms with E-state index in [1.807, 2.05) is 24.3 Å². The molecule has 1 heterocycles. The second kappa shape index (κ2) is 9.70. The Balaban J connectivity index is 1.25. The van der Waals surface area contributed by atoms with Crippen molar-refractivity contribution in [3.8, 4) is 11.1 Å². The number of fused-ring (bicyclic) bond motifs is 3. The number of hydrogen-bond acceptors (Lipinski definition) is 5. The Labute approximate surface area is 204 Å². The molecule has 2 aromatic rings. The van der Waals surface area contributed by atoms with E-state index < -0.39 is 30.1 Å².